The van der Waals surface area contributed by atoms with E-state index in [4.69, 9.17) is 4.74 Å². The average Bonchev–Trinajstić information content (AvgIpc) is 2.54. The van der Waals surface area contributed by atoms with Crippen LogP contribution in [0.1, 0.15) is 36.5 Å². The summed E-state index contributed by atoms with van der Waals surface area (Å²) >= 11 is 0. The fourth-order valence-corrected chi connectivity index (χ4v) is 2.28. The summed E-state index contributed by atoms with van der Waals surface area (Å²) in [7, 11) is 0. The van der Waals surface area contributed by atoms with Crippen molar-refractivity contribution >= 4 is 5.91 Å². The van der Waals surface area contributed by atoms with Gasteiger partial charge >= 0.3 is 0 Å². The monoisotopic (exact) mass is 288 g/mol. The third-order valence-electron chi connectivity index (χ3n) is 3.46. The van der Waals surface area contributed by atoms with Crippen LogP contribution >= 0.6 is 0 Å². The number of rotatable bonds is 7. The van der Waals surface area contributed by atoms with E-state index < -0.39 is 0 Å². The van der Waals surface area contributed by atoms with Gasteiger partial charge < -0.3 is 15.4 Å². The van der Waals surface area contributed by atoms with Gasteiger partial charge in [-0.25, -0.2) is 0 Å². The predicted octanol–water partition coefficient (Wildman–Crippen LogP) is 2.52. The first-order valence-electron chi connectivity index (χ1n) is 7.69. The number of benzene rings is 1. The first-order valence-corrected chi connectivity index (χ1v) is 7.69. The maximum Gasteiger partial charge on any atom is 0.251 e. The molecule has 21 heavy (non-hydrogen) atoms. The smallest absolute Gasteiger partial charge is 0.251 e. The molecule has 0 spiro atoms. The van der Waals surface area contributed by atoms with Crippen LogP contribution in [0.5, 0.6) is 5.75 Å². The fourth-order valence-electron chi connectivity index (χ4n) is 2.28. The maximum absolute atomic E-state index is 12.1. The highest BCUT2D eigenvalue weighted by Crippen LogP contribution is 2.14. The molecular weight excluding hydrogens is 264 g/mol. The Morgan fingerprint density at radius 3 is 3.10 bits per heavy atom. The number of carbonyl (C=O) groups excluding carboxylic acids is 1. The number of hydrogen-bond donors (Lipinski definition) is 2. The SMILES string of the molecule is CCCOc1cccc(C(=O)NCCC2=CCNCC2)c1. The maximum atomic E-state index is 12.1. The van der Waals surface area contributed by atoms with E-state index >= 15 is 0 Å². The summed E-state index contributed by atoms with van der Waals surface area (Å²) < 4.78 is 5.55. The molecule has 0 saturated heterocycles. The van der Waals surface area contributed by atoms with Crippen molar-refractivity contribution in [3.63, 3.8) is 0 Å². The summed E-state index contributed by atoms with van der Waals surface area (Å²) in [4.78, 5) is 12.1. The molecule has 1 aliphatic heterocycles. The summed E-state index contributed by atoms with van der Waals surface area (Å²) in [5.41, 5.74) is 2.08. The van der Waals surface area contributed by atoms with E-state index in [1.807, 2.05) is 18.2 Å². The second-order valence-electron chi connectivity index (χ2n) is 5.20. The Labute approximate surface area is 126 Å². The van der Waals surface area contributed by atoms with Crippen molar-refractivity contribution in [1.29, 1.82) is 0 Å². The van der Waals surface area contributed by atoms with Crippen molar-refractivity contribution < 1.29 is 9.53 Å². The highest BCUT2D eigenvalue weighted by Gasteiger charge is 2.07. The number of amides is 1. The molecule has 114 valence electrons. The van der Waals surface area contributed by atoms with Crippen molar-refractivity contribution in [3.05, 3.63) is 41.5 Å². The summed E-state index contributed by atoms with van der Waals surface area (Å²) in [6, 6.07) is 7.36. The number of hydrogen-bond acceptors (Lipinski definition) is 3. The van der Waals surface area contributed by atoms with Crippen LogP contribution < -0.4 is 15.4 Å². The van der Waals surface area contributed by atoms with Gasteiger partial charge in [-0.05, 0) is 44.0 Å². The zero-order chi connectivity index (χ0) is 14.9. The van der Waals surface area contributed by atoms with Crippen LogP contribution in [0.4, 0.5) is 0 Å². The average molecular weight is 288 g/mol. The summed E-state index contributed by atoms with van der Waals surface area (Å²) in [5, 5.41) is 6.26. The molecule has 0 aliphatic carbocycles. The summed E-state index contributed by atoms with van der Waals surface area (Å²) in [6.45, 7) is 5.40. The third-order valence-corrected chi connectivity index (χ3v) is 3.46. The molecular formula is C17H24N2O2. The molecule has 1 aromatic carbocycles. The summed E-state index contributed by atoms with van der Waals surface area (Å²) in [6.07, 6.45) is 5.19. The summed E-state index contributed by atoms with van der Waals surface area (Å²) in [5.74, 6) is 0.719. The molecule has 0 saturated carbocycles. The lowest BCUT2D eigenvalue weighted by atomic mass is 10.1. The Hall–Kier alpha value is -1.81. The topological polar surface area (TPSA) is 50.4 Å². The van der Waals surface area contributed by atoms with Crippen LogP contribution in [0.3, 0.4) is 0 Å². The van der Waals surface area contributed by atoms with E-state index in [1.165, 1.54) is 5.57 Å². The molecule has 0 aromatic heterocycles. The van der Waals surface area contributed by atoms with Crippen LogP contribution in [0, 0.1) is 0 Å². The van der Waals surface area contributed by atoms with Crippen molar-refractivity contribution in [2.75, 3.05) is 26.2 Å². The molecule has 1 heterocycles. The molecule has 0 unspecified atom stereocenters. The molecule has 1 amide bonds. The van der Waals surface area contributed by atoms with E-state index in [9.17, 15) is 4.79 Å². The number of carbonyl (C=O) groups is 1. The first kappa shape index (κ1) is 15.6. The minimum atomic E-state index is -0.0357. The Kier molecular flexibility index (Phi) is 6.28. The zero-order valence-corrected chi connectivity index (χ0v) is 12.7. The van der Waals surface area contributed by atoms with Gasteiger partial charge in [0.2, 0.25) is 0 Å². The van der Waals surface area contributed by atoms with E-state index in [0.29, 0.717) is 18.7 Å². The van der Waals surface area contributed by atoms with E-state index in [-0.39, 0.29) is 5.91 Å². The van der Waals surface area contributed by atoms with Gasteiger partial charge in [0, 0.05) is 18.7 Å². The van der Waals surface area contributed by atoms with Crippen LogP contribution in [-0.4, -0.2) is 32.1 Å². The van der Waals surface area contributed by atoms with Gasteiger partial charge in [-0.15, -0.1) is 0 Å². The van der Waals surface area contributed by atoms with Crippen molar-refractivity contribution in [1.82, 2.24) is 10.6 Å². The number of nitrogens with one attached hydrogen (secondary N) is 2. The molecule has 4 heteroatoms. The van der Waals surface area contributed by atoms with Crippen molar-refractivity contribution in [2.24, 2.45) is 0 Å². The van der Waals surface area contributed by atoms with Gasteiger partial charge in [-0.2, -0.15) is 0 Å². The van der Waals surface area contributed by atoms with Crippen LogP contribution in [0.25, 0.3) is 0 Å². The van der Waals surface area contributed by atoms with Gasteiger partial charge in [0.05, 0.1) is 6.61 Å². The van der Waals surface area contributed by atoms with E-state index in [0.717, 1.165) is 38.1 Å². The highest BCUT2D eigenvalue weighted by atomic mass is 16.5. The molecule has 1 aliphatic rings. The minimum Gasteiger partial charge on any atom is -0.494 e. The predicted molar refractivity (Wildman–Crippen MR) is 84.7 cm³/mol. The zero-order valence-electron chi connectivity index (χ0n) is 12.7. The largest absolute Gasteiger partial charge is 0.494 e. The van der Waals surface area contributed by atoms with Crippen LogP contribution in [-0.2, 0) is 0 Å². The second-order valence-corrected chi connectivity index (χ2v) is 5.20. The Bertz CT molecular complexity index is 497. The van der Waals surface area contributed by atoms with Crippen LogP contribution in [0.2, 0.25) is 0 Å². The van der Waals surface area contributed by atoms with Gasteiger partial charge in [0.25, 0.3) is 5.91 Å². The minimum absolute atomic E-state index is 0.0357. The lowest BCUT2D eigenvalue weighted by molar-refractivity contribution is 0.0953. The van der Waals surface area contributed by atoms with Crippen molar-refractivity contribution in [2.45, 2.75) is 26.2 Å². The molecule has 2 N–H and O–H groups in total. The number of ether oxygens (including phenoxy) is 1. The molecule has 0 radical (unpaired) electrons. The van der Waals surface area contributed by atoms with Gasteiger partial charge in [0.1, 0.15) is 5.75 Å². The highest BCUT2D eigenvalue weighted by molar-refractivity contribution is 5.94. The second kappa shape index (κ2) is 8.47. The molecule has 0 atom stereocenters. The molecule has 4 nitrogen and oxygen atoms in total. The van der Waals surface area contributed by atoms with Crippen molar-refractivity contribution in [3.8, 4) is 5.75 Å². The van der Waals surface area contributed by atoms with Gasteiger partial charge in [-0.3, -0.25) is 4.79 Å². The standard InChI is InChI=1S/C17H24N2O2/c1-2-12-21-16-5-3-4-15(13-16)17(20)19-11-8-14-6-9-18-10-7-14/h3-6,13,18H,2,7-12H2,1H3,(H,19,20). The normalized spacial score (nSPS) is 14.4. The van der Waals surface area contributed by atoms with E-state index in [1.54, 1.807) is 6.07 Å². The van der Waals surface area contributed by atoms with Crippen LogP contribution in [0.15, 0.2) is 35.9 Å². The molecule has 2 rings (SSSR count). The first-order chi connectivity index (χ1) is 10.3. The van der Waals surface area contributed by atoms with Gasteiger partial charge in [-0.1, -0.05) is 24.6 Å². The third kappa shape index (κ3) is 5.23. The van der Waals surface area contributed by atoms with E-state index in [2.05, 4.69) is 23.6 Å². The Morgan fingerprint density at radius 1 is 1.43 bits per heavy atom. The molecule has 0 bridgehead atoms. The lowest BCUT2D eigenvalue weighted by Crippen LogP contribution is -2.26. The quantitative estimate of drug-likeness (QED) is 0.758. The molecule has 0 fully saturated rings. The Morgan fingerprint density at radius 2 is 2.33 bits per heavy atom. The molecule has 1 aromatic rings. The van der Waals surface area contributed by atoms with Gasteiger partial charge in [0.15, 0.2) is 0 Å². The Balaban J connectivity index is 1.80. The fraction of sp³-hybridized carbons (Fsp3) is 0.471. The lowest BCUT2D eigenvalue weighted by Gasteiger charge is -2.14.